The topological polar surface area (TPSA) is 82.4 Å². The lowest BCUT2D eigenvalue weighted by molar-refractivity contribution is 0.390. The van der Waals surface area contributed by atoms with E-state index in [0.29, 0.717) is 6.54 Å². The zero-order valence-electron chi connectivity index (χ0n) is 11.0. The van der Waals surface area contributed by atoms with Crippen LogP contribution >= 0.6 is 0 Å². The van der Waals surface area contributed by atoms with Crippen molar-refractivity contribution in [3.8, 4) is 0 Å². The van der Waals surface area contributed by atoms with Gasteiger partial charge < -0.3 is 5.32 Å². The lowest BCUT2D eigenvalue weighted by Crippen LogP contribution is -2.52. The summed E-state index contributed by atoms with van der Waals surface area (Å²) in [4.78, 5) is 0. The van der Waals surface area contributed by atoms with Gasteiger partial charge in [0, 0.05) is 12.6 Å². The molecule has 2 atom stereocenters. The summed E-state index contributed by atoms with van der Waals surface area (Å²) in [5.41, 5.74) is 2.93. The quantitative estimate of drug-likeness (QED) is 0.547. The van der Waals surface area contributed by atoms with Gasteiger partial charge in [-0.3, -0.25) is 4.55 Å². The van der Waals surface area contributed by atoms with Crippen molar-refractivity contribution in [2.24, 2.45) is 0 Å². The second kappa shape index (κ2) is 5.76. The molecule has 20 heavy (non-hydrogen) atoms. The predicted octanol–water partition coefficient (Wildman–Crippen LogP) is 0.557. The maximum absolute atomic E-state index is 14.2. The minimum atomic E-state index is -2.34. The van der Waals surface area contributed by atoms with Crippen LogP contribution in [0.3, 0.4) is 0 Å². The number of anilines is 1. The largest absolute Gasteiger partial charge is 0.315 e. The molecule has 3 N–H and O–H groups in total. The molecule has 9 heteroatoms. The monoisotopic (exact) mass is 303 g/mol. The van der Waals surface area contributed by atoms with Crippen LogP contribution in [-0.4, -0.2) is 37.7 Å². The molecule has 1 aromatic rings. The summed E-state index contributed by atoms with van der Waals surface area (Å²) in [6.07, 6.45) is 4.96. The first-order chi connectivity index (χ1) is 9.66. The number of rotatable bonds is 5. The van der Waals surface area contributed by atoms with E-state index >= 15 is 0 Å². The van der Waals surface area contributed by atoms with Crippen molar-refractivity contribution in [3.63, 3.8) is 0 Å². The van der Waals surface area contributed by atoms with Crippen LogP contribution in [0.5, 0.6) is 0 Å². The highest BCUT2D eigenvalue weighted by molar-refractivity contribution is 7.80. The first-order valence-electron chi connectivity index (χ1n) is 6.78. The molecular weight excluding hydrogens is 285 g/mol. The minimum Gasteiger partial charge on any atom is -0.315 e. The third-order valence-corrected chi connectivity index (χ3v) is 4.20. The standard InChI is InChI=1S/C11H18FN5O2S/c12-11-10(7-14-16(11)9-3-4-9)17(20(18)19)15-8-2-1-5-13-6-8/h7-9,13,15H,1-6H2,(H,18,19). The van der Waals surface area contributed by atoms with E-state index in [1.165, 1.54) is 10.9 Å². The Morgan fingerprint density at radius 3 is 2.95 bits per heavy atom. The fraction of sp³-hybridized carbons (Fsp3) is 0.727. The molecule has 1 aromatic heterocycles. The van der Waals surface area contributed by atoms with Crippen LogP contribution in [0.15, 0.2) is 6.20 Å². The van der Waals surface area contributed by atoms with Gasteiger partial charge in [0.2, 0.25) is 5.95 Å². The summed E-state index contributed by atoms with van der Waals surface area (Å²) < 4.78 is 37.4. The van der Waals surface area contributed by atoms with E-state index in [0.717, 1.165) is 36.6 Å². The van der Waals surface area contributed by atoms with Gasteiger partial charge in [-0.05, 0) is 32.2 Å². The van der Waals surface area contributed by atoms with Crippen molar-refractivity contribution < 1.29 is 13.2 Å². The van der Waals surface area contributed by atoms with Crippen molar-refractivity contribution in [2.75, 3.05) is 17.5 Å². The Morgan fingerprint density at radius 1 is 1.55 bits per heavy atom. The summed E-state index contributed by atoms with van der Waals surface area (Å²) in [6, 6.07) is 0.0950. The zero-order valence-corrected chi connectivity index (χ0v) is 11.8. The smallest absolute Gasteiger partial charge is 0.277 e. The maximum Gasteiger partial charge on any atom is 0.277 e. The summed E-state index contributed by atoms with van der Waals surface area (Å²) >= 11 is -2.34. The molecule has 112 valence electrons. The zero-order chi connectivity index (χ0) is 14.1. The van der Waals surface area contributed by atoms with Gasteiger partial charge in [-0.25, -0.2) is 14.3 Å². The molecule has 0 spiro atoms. The first-order valence-corrected chi connectivity index (χ1v) is 7.84. The van der Waals surface area contributed by atoms with E-state index in [-0.39, 0.29) is 17.8 Å². The van der Waals surface area contributed by atoms with E-state index in [9.17, 15) is 13.2 Å². The van der Waals surface area contributed by atoms with E-state index in [4.69, 9.17) is 0 Å². The van der Waals surface area contributed by atoms with Gasteiger partial charge in [-0.2, -0.15) is 13.9 Å². The summed E-state index contributed by atoms with van der Waals surface area (Å²) in [6.45, 7) is 1.63. The van der Waals surface area contributed by atoms with E-state index in [2.05, 4.69) is 15.8 Å². The normalized spacial score (nSPS) is 24.6. The van der Waals surface area contributed by atoms with Gasteiger partial charge in [0.25, 0.3) is 11.3 Å². The average molecular weight is 303 g/mol. The number of nitrogens with one attached hydrogen (secondary N) is 2. The molecule has 0 bridgehead atoms. The predicted molar refractivity (Wildman–Crippen MR) is 72.7 cm³/mol. The minimum absolute atomic E-state index is 0.00326. The van der Waals surface area contributed by atoms with Crippen molar-refractivity contribution in [1.29, 1.82) is 0 Å². The summed E-state index contributed by atoms with van der Waals surface area (Å²) in [7, 11) is 0. The summed E-state index contributed by atoms with van der Waals surface area (Å²) in [5.74, 6) is -0.564. The Balaban J connectivity index is 1.77. The molecule has 2 aliphatic rings. The number of aromatic nitrogens is 2. The molecule has 3 rings (SSSR count). The highest BCUT2D eigenvalue weighted by Gasteiger charge is 2.31. The van der Waals surface area contributed by atoms with E-state index in [1.54, 1.807) is 0 Å². The van der Waals surface area contributed by atoms with Gasteiger partial charge in [0.05, 0.1) is 12.2 Å². The Hall–Kier alpha value is -1.03. The first kappa shape index (κ1) is 13.9. The van der Waals surface area contributed by atoms with Crippen molar-refractivity contribution in [3.05, 3.63) is 12.1 Å². The molecule has 1 aliphatic heterocycles. The number of piperidine rings is 1. The number of hydrogen-bond donors (Lipinski definition) is 3. The van der Waals surface area contributed by atoms with Gasteiger partial charge in [0.15, 0.2) is 0 Å². The molecule has 1 saturated heterocycles. The average Bonchev–Trinajstić information content (AvgIpc) is 3.21. The molecule has 1 aliphatic carbocycles. The van der Waals surface area contributed by atoms with Crippen LogP contribution in [0.25, 0.3) is 0 Å². The third-order valence-electron chi connectivity index (χ3n) is 3.58. The number of hydrogen-bond acceptors (Lipinski definition) is 4. The molecular formula is C11H18FN5O2S. The van der Waals surface area contributed by atoms with Crippen LogP contribution in [-0.2, 0) is 11.3 Å². The molecule has 0 radical (unpaired) electrons. The molecule has 7 nitrogen and oxygen atoms in total. The molecule has 2 unspecified atom stereocenters. The van der Waals surface area contributed by atoms with E-state index in [1.807, 2.05) is 0 Å². The highest BCUT2D eigenvalue weighted by Crippen LogP contribution is 2.36. The Kier molecular flexibility index (Phi) is 4.01. The SMILES string of the molecule is O=S(O)N(NC1CCCNC1)c1cnn(C2CC2)c1F. The fourth-order valence-corrected chi connectivity index (χ4v) is 2.90. The highest BCUT2D eigenvalue weighted by atomic mass is 32.2. The third kappa shape index (κ3) is 2.85. The number of halogens is 1. The Bertz CT molecular complexity index is 501. The molecule has 0 aromatic carbocycles. The second-order valence-electron chi connectivity index (χ2n) is 5.19. The lowest BCUT2D eigenvalue weighted by Gasteiger charge is -2.29. The number of hydrazine groups is 1. The Labute approximate surface area is 118 Å². The van der Waals surface area contributed by atoms with Crippen molar-refractivity contribution >= 4 is 17.0 Å². The second-order valence-corrected chi connectivity index (χ2v) is 6.02. The van der Waals surface area contributed by atoms with Crippen LogP contribution in [0.4, 0.5) is 10.1 Å². The van der Waals surface area contributed by atoms with Crippen LogP contribution in [0, 0.1) is 5.95 Å². The van der Waals surface area contributed by atoms with Gasteiger partial charge >= 0.3 is 0 Å². The molecule has 0 amide bonds. The Morgan fingerprint density at radius 2 is 2.35 bits per heavy atom. The molecule has 1 saturated carbocycles. The van der Waals surface area contributed by atoms with Crippen molar-refractivity contribution in [2.45, 2.75) is 37.8 Å². The van der Waals surface area contributed by atoms with Crippen molar-refractivity contribution in [1.82, 2.24) is 20.5 Å². The molecule has 2 heterocycles. The van der Waals surface area contributed by atoms with Gasteiger partial charge in [0.1, 0.15) is 5.69 Å². The van der Waals surface area contributed by atoms with Crippen LogP contribution in [0.2, 0.25) is 0 Å². The summed E-state index contributed by atoms with van der Waals surface area (Å²) in [5, 5.41) is 7.17. The van der Waals surface area contributed by atoms with E-state index < -0.39 is 17.2 Å². The van der Waals surface area contributed by atoms with Crippen LogP contribution < -0.4 is 15.2 Å². The lowest BCUT2D eigenvalue weighted by atomic mass is 10.1. The maximum atomic E-state index is 14.2. The van der Waals surface area contributed by atoms with Crippen LogP contribution in [0.1, 0.15) is 31.7 Å². The van der Waals surface area contributed by atoms with Gasteiger partial charge in [-0.1, -0.05) is 0 Å². The van der Waals surface area contributed by atoms with Gasteiger partial charge in [-0.15, -0.1) is 0 Å². The number of nitrogens with zero attached hydrogens (tertiary/aromatic N) is 3. The molecule has 2 fully saturated rings. The fourth-order valence-electron chi connectivity index (χ4n) is 2.37.